The Morgan fingerprint density at radius 2 is 1.95 bits per heavy atom. The van der Waals surface area contributed by atoms with Gasteiger partial charge in [-0.25, -0.2) is 4.79 Å². The molecule has 20 heavy (non-hydrogen) atoms. The van der Waals surface area contributed by atoms with E-state index in [-0.39, 0.29) is 0 Å². The minimum absolute atomic E-state index is 0.411. The number of aliphatic carboxylic acids is 1. The lowest BCUT2D eigenvalue weighted by atomic mass is 10.0. The summed E-state index contributed by atoms with van der Waals surface area (Å²) >= 11 is 0. The summed E-state index contributed by atoms with van der Waals surface area (Å²) in [5.74, 6) is -1.13. The quantitative estimate of drug-likeness (QED) is 0.789. The number of carboxylic acid groups (broad SMARTS) is 1. The molecule has 0 bridgehead atoms. The molecule has 6 heteroatoms. The molecule has 0 fully saturated rings. The van der Waals surface area contributed by atoms with Crippen LogP contribution < -0.4 is 11.1 Å². The molecule has 1 rings (SSSR count). The van der Waals surface area contributed by atoms with Gasteiger partial charge in [0.2, 0.25) is 0 Å². The molecule has 0 aromatic heterocycles. The Kier molecular flexibility index (Phi) is 4.73. The fourth-order valence-corrected chi connectivity index (χ4v) is 1.52. The molecule has 110 valence electrons. The van der Waals surface area contributed by atoms with Gasteiger partial charge >= 0.3 is 12.1 Å². The zero-order valence-corrected chi connectivity index (χ0v) is 12.1. The number of amides is 1. The third kappa shape index (κ3) is 4.55. The maximum absolute atomic E-state index is 11.7. The highest BCUT2D eigenvalue weighted by Gasteiger charge is 2.19. The number of rotatable bonds is 3. The van der Waals surface area contributed by atoms with Crippen LogP contribution in [0.1, 0.15) is 37.9 Å². The van der Waals surface area contributed by atoms with E-state index in [1.54, 1.807) is 39.8 Å². The summed E-state index contributed by atoms with van der Waals surface area (Å²) in [6.45, 7) is 7.07. The molecule has 0 saturated heterocycles. The van der Waals surface area contributed by atoms with Gasteiger partial charge in [-0.1, -0.05) is 12.1 Å². The fourth-order valence-electron chi connectivity index (χ4n) is 1.52. The average molecular weight is 280 g/mol. The molecule has 1 amide bonds. The second-order valence-electron chi connectivity index (χ2n) is 5.52. The molecule has 0 aliphatic carbocycles. The lowest BCUT2D eigenvalue weighted by Crippen LogP contribution is -2.27. The molecule has 1 aromatic carbocycles. The van der Waals surface area contributed by atoms with Crippen LogP contribution in [0.15, 0.2) is 18.2 Å². The number of ether oxygens (including phenoxy) is 1. The Morgan fingerprint density at radius 1 is 1.35 bits per heavy atom. The van der Waals surface area contributed by atoms with Gasteiger partial charge in [0.15, 0.2) is 0 Å². The molecule has 0 saturated carbocycles. The van der Waals surface area contributed by atoms with E-state index in [0.29, 0.717) is 11.3 Å². The van der Waals surface area contributed by atoms with Crippen LogP contribution in [0.2, 0.25) is 0 Å². The topological polar surface area (TPSA) is 102 Å². The summed E-state index contributed by atoms with van der Waals surface area (Å²) in [7, 11) is 0. The normalized spacial score (nSPS) is 12.7. The van der Waals surface area contributed by atoms with Gasteiger partial charge in [0, 0.05) is 5.69 Å². The van der Waals surface area contributed by atoms with Gasteiger partial charge in [-0.3, -0.25) is 10.1 Å². The summed E-state index contributed by atoms with van der Waals surface area (Å²) in [4.78, 5) is 22.6. The second kappa shape index (κ2) is 5.92. The van der Waals surface area contributed by atoms with Crippen LogP contribution in [-0.4, -0.2) is 22.8 Å². The zero-order chi connectivity index (χ0) is 15.5. The summed E-state index contributed by atoms with van der Waals surface area (Å²) in [5.41, 5.74) is 6.62. The first-order valence-electron chi connectivity index (χ1n) is 6.19. The maximum Gasteiger partial charge on any atom is 0.412 e. The van der Waals surface area contributed by atoms with Crippen molar-refractivity contribution in [3.05, 3.63) is 29.3 Å². The van der Waals surface area contributed by atoms with E-state index < -0.39 is 23.7 Å². The Bertz CT molecular complexity index is 520. The number of nitrogens with two attached hydrogens (primary N) is 1. The summed E-state index contributed by atoms with van der Waals surface area (Å²) < 4.78 is 5.15. The zero-order valence-electron chi connectivity index (χ0n) is 12.1. The van der Waals surface area contributed by atoms with Crippen molar-refractivity contribution >= 4 is 17.7 Å². The monoisotopic (exact) mass is 280 g/mol. The molecule has 0 spiro atoms. The van der Waals surface area contributed by atoms with Crippen LogP contribution in [0, 0.1) is 6.92 Å². The number of carbonyl (C=O) groups excluding carboxylic acids is 1. The van der Waals surface area contributed by atoms with E-state index in [1.165, 1.54) is 6.07 Å². The third-order valence-electron chi connectivity index (χ3n) is 2.52. The van der Waals surface area contributed by atoms with Gasteiger partial charge in [-0.2, -0.15) is 0 Å². The molecule has 1 aromatic rings. The van der Waals surface area contributed by atoms with Crippen molar-refractivity contribution in [2.24, 2.45) is 5.73 Å². The summed E-state index contributed by atoms with van der Waals surface area (Å²) in [5, 5.41) is 11.5. The van der Waals surface area contributed by atoms with Crippen molar-refractivity contribution in [1.29, 1.82) is 0 Å². The van der Waals surface area contributed by atoms with Crippen LogP contribution in [0.5, 0.6) is 0 Å². The SMILES string of the molecule is Cc1ccc(C(N)C(=O)O)cc1NC(=O)OC(C)(C)C. The van der Waals surface area contributed by atoms with Crippen LogP contribution in [0.4, 0.5) is 10.5 Å². The van der Waals surface area contributed by atoms with E-state index in [0.717, 1.165) is 5.56 Å². The molecule has 0 aliphatic rings. The highest BCUT2D eigenvalue weighted by atomic mass is 16.6. The van der Waals surface area contributed by atoms with Crippen LogP contribution in [0.3, 0.4) is 0 Å². The minimum atomic E-state index is -1.13. The van der Waals surface area contributed by atoms with E-state index in [1.807, 2.05) is 0 Å². The highest BCUT2D eigenvalue weighted by molar-refractivity contribution is 5.86. The van der Waals surface area contributed by atoms with Gasteiger partial charge in [0.05, 0.1) is 0 Å². The van der Waals surface area contributed by atoms with Crippen molar-refractivity contribution in [1.82, 2.24) is 0 Å². The Balaban J connectivity index is 2.92. The predicted octanol–water partition coefficient (Wildman–Crippen LogP) is 2.43. The average Bonchev–Trinajstić information content (AvgIpc) is 2.28. The van der Waals surface area contributed by atoms with Gasteiger partial charge in [-0.15, -0.1) is 0 Å². The van der Waals surface area contributed by atoms with E-state index in [9.17, 15) is 9.59 Å². The van der Waals surface area contributed by atoms with Gasteiger partial charge in [-0.05, 0) is 44.9 Å². The number of benzene rings is 1. The number of anilines is 1. The molecule has 6 nitrogen and oxygen atoms in total. The molecule has 1 unspecified atom stereocenters. The van der Waals surface area contributed by atoms with Crippen molar-refractivity contribution < 1.29 is 19.4 Å². The summed E-state index contributed by atoms with van der Waals surface area (Å²) in [6.07, 6.45) is -0.596. The lowest BCUT2D eigenvalue weighted by Gasteiger charge is -2.20. The first-order valence-corrected chi connectivity index (χ1v) is 6.19. The van der Waals surface area contributed by atoms with Gasteiger partial charge < -0.3 is 15.6 Å². The number of aryl methyl sites for hydroxylation is 1. The maximum atomic E-state index is 11.7. The van der Waals surface area contributed by atoms with Gasteiger partial charge in [0.25, 0.3) is 0 Å². The minimum Gasteiger partial charge on any atom is -0.480 e. The Hall–Kier alpha value is -2.08. The van der Waals surface area contributed by atoms with Crippen molar-refractivity contribution in [2.45, 2.75) is 39.3 Å². The highest BCUT2D eigenvalue weighted by Crippen LogP contribution is 2.21. The second-order valence-corrected chi connectivity index (χ2v) is 5.52. The third-order valence-corrected chi connectivity index (χ3v) is 2.52. The molecule has 0 radical (unpaired) electrons. The molecular weight excluding hydrogens is 260 g/mol. The van der Waals surface area contributed by atoms with Crippen molar-refractivity contribution in [2.75, 3.05) is 5.32 Å². The Morgan fingerprint density at radius 3 is 2.45 bits per heavy atom. The van der Waals surface area contributed by atoms with Crippen molar-refractivity contribution in [3.8, 4) is 0 Å². The summed E-state index contributed by atoms with van der Waals surface area (Å²) in [6, 6.07) is 3.73. The molecular formula is C14H20N2O4. The Labute approximate surface area is 117 Å². The number of hydrogen-bond acceptors (Lipinski definition) is 4. The number of hydrogen-bond donors (Lipinski definition) is 3. The number of nitrogens with one attached hydrogen (secondary N) is 1. The first-order chi connectivity index (χ1) is 9.10. The first kappa shape index (κ1) is 16.0. The molecule has 1 atom stereocenters. The van der Waals surface area contributed by atoms with E-state index in [4.69, 9.17) is 15.6 Å². The molecule has 4 N–H and O–H groups in total. The largest absolute Gasteiger partial charge is 0.480 e. The lowest BCUT2D eigenvalue weighted by molar-refractivity contribution is -0.138. The standard InChI is InChI=1S/C14H20N2O4/c1-8-5-6-9(11(15)12(17)18)7-10(8)16-13(19)20-14(2,3)4/h5-7,11H,15H2,1-4H3,(H,16,19)(H,17,18). The number of carbonyl (C=O) groups is 2. The molecule has 0 heterocycles. The van der Waals surface area contributed by atoms with Crippen LogP contribution in [0.25, 0.3) is 0 Å². The predicted molar refractivity (Wildman–Crippen MR) is 75.6 cm³/mol. The molecule has 0 aliphatic heterocycles. The van der Waals surface area contributed by atoms with Crippen molar-refractivity contribution in [3.63, 3.8) is 0 Å². The smallest absolute Gasteiger partial charge is 0.412 e. The van der Waals surface area contributed by atoms with E-state index in [2.05, 4.69) is 5.32 Å². The van der Waals surface area contributed by atoms with Crippen LogP contribution >= 0.6 is 0 Å². The van der Waals surface area contributed by atoms with Gasteiger partial charge in [0.1, 0.15) is 11.6 Å². The number of carboxylic acids is 1. The van der Waals surface area contributed by atoms with Crippen LogP contribution in [-0.2, 0) is 9.53 Å². The van der Waals surface area contributed by atoms with E-state index >= 15 is 0 Å². The fraction of sp³-hybridized carbons (Fsp3) is 0.429.